The van der Waals surface area contributed by atoms with Crippen molar-refractivity contribution in [2.45, 2.75) is 33.2 Å². The Morgan fingerprint density at radius 2 is 1.77 bits per heavy atom. The van der Waals surface area contributed by atoms with Crippen LogP contribution in [0.3, 0.4) is 0 Å². The third-order valence-corrected chi connectivity index (χ3v) is 7.39. The smallest absolute Gasteiger partial charge is 0.276 e. The summed E-state index contributed by atoms with van der Waals surface area (Å²) >= 11 is 0. The first-order valence-corrected chi connectivity index (χ1v) is 11.8. The quantitative estimate of drug-likeness (QED) is 0.685. The number of sulfone groups is 1. The van der Waals surface area contributed by atoms with Gasteiger partial charge in [0.25, 0.3) is 5.91 Å². The second-order valence-electron chi connectivity index (χ2n) is 8.04. The lowest BCUT2D eigenvalue weighted by Gasteiger charge is -2.14. The highest BCUT2D eigenvalue weighted by molar-refractivity contribution is 7.91. The van der Waals surface area contributed by atoms with Crippen LogP contribution in [0.4, 0.5) is 5.69 Å². The van der Waals surface area contributed by atoms with Gasteiger partial charge in [-0.25, -0.2) is 8.42 Å². The van der Waals surface area contributed by atoms with E-state index >= 15 is 0 Å². The SMILES string of the molecule is Cc1ccc(NC(=O)c2cc(-c3ccc(C)c(C)c3)n([C@@H]3CCS(=O)(=O)C3)n2)cc1. The molecule has 3 aromatic rings. The van der Waals surface area contributed by atoms with Gasteiger partial charge < -0.3 is 5.32 Å². The highest BCUT2D eigenvalue weighted by atomic mass is 32.2. The average molecular weight is 424 g/mol. The zero-order valence-electron chi connectivity index (χ0n) is 17.3. The minimum absolute atomic E-state index is 0.0472. The Labute approximate surface area is 176 Å². The van der Waals surface area contributed by atoms with Gasteiger partial charge >= 0.3 is 0 Å². The molecule has 2 aromatic carbocycles. The maximum absolute atomic E-state index is 12.9. The van der Waals surface area contributed by atoms with Gasteiger partial charge in [0, 0.05) is 11.3 Å². The number of nitrogens with zero attached hydrogens (tertiary/aromatic N) is 2. The molecule has 156 valence electrons. The predicted molar refractivity (Wildman–Crippen MR) is 119 cm³/mol. The summed E-state index contributed by atoms with van der Waals surface area (Å²) in [5.74, 6) is -0.121. The van der Waals surface area contributed by atoms with Gasteiger partial charge in [-0.1, -0.05) is 29.8 Å². The van der Waals surface area contributed by atoms with E-state index in [4.69, 9.17) is 0 Å². The highest BCUT2D eigenvalue weighted by Crippen LogP contribution is 2.31. The summed E-state index contributed by atoms with van der Waals surface area (Å²) in [7, 11) is -3.08. The monoisotopic (exact) mass is 423 g/mol. The van der Waals surface area contributed by atoms with Crippen LogP contribution in [0.2, 0.25) is 0 Å². The van der Waals surface area contributed by atoms with Gasteiger partial charge in [-0.05, 0) is 62.6 Å². The van der Waals surface area contributed by atoms with Crippen molar-refractivity contribution in [3.05, 3.63) is 70.9 Å². The summed E-state index contributed by atoms with van der Waals surface area (Å²) < 4.78 is 25.8. The number of amides is 1. The molecule has 0 spiro atoms. The van der Waals surface area contributed by atoms with Crippen LogP contribution in [0, 0.1) is 20.8 Å². The lowest BCUT2D eigenvalue weighted by Crippen LogP contribution is -2.16. The average Bonchev–Trinajstić information content (AvgIpc) is 3.29. The van der Waals surface area contributed by atoms with Gasteiger partial charge in [0.15, 0.2) is 15.5 Å². The van der Waals surface area contributed by atoms with Crippen LogP contribution in [0.25, 0.3) is 11.3 Å². The van der Waals surface area contributed by atoms with E-state index in [1.807, 2.05) is 63.2 Å². The van der Waals surface area contributed by atoms with E-state index in [0.717, 1.165) is 22.4 Å². The molecule has 1 amide bonds. The maximum Gasteiger partial charge on any atom is 0.276 e. The van der Waals surface area contributed by atoms with Crippen LogP contribution in [0.5, 0.6) is 0 Å². The van der Waals surface area contributed by atoms with E-state index in [0.29, 0.717) is 12.1 Å². The van der Waals surface area contributed by atoms with E-state index in [-0.39, 0.29) is 29.1 Å². The molecule has 1 N–H and O–H groups in total. The largest absolute Gasteiger partial charge is 0.321 e. The molecule has 1 saturated heterocycles. The number of carbonyl (C=O) groups excluding carboxylic acids is 1. The van der Waals surface area contributed by atoms with Crippen LogP contribution >= 0.6 is 0 Å². The fourth-order valence-corrected chi connectivity index (χ4v) is 5.39. The lowest BCUT2D eigenvalue weighted by atomic mass is 10.0. The number of hydrogen-bond acceptors (Lipinski definition) is 4. The predicted octanol–water partition coefficient (Wildman–Crippen LogP) is 4.09. The zero-order valence-corrected chi connectivity index (χ0v) is 18.2. The third kappa shape index (κ3) is 4.16. The molecule has 7 heteroatoms. The van der Waals surface area contributed by atoms with E-state index in [9.17, 15) is 13.2 Å². The standard InChI is InChI=1S/C23H25N3O3S/c1-15-4-8-19(9-5-15)24-23(27)21-13-22(18-7-6-16(2)17(3)12-18)26(25-21)20-10-11-30(28,29)14-20/h4-9,12-13,20H,10-11,14H2,1-3H3,(H,24,27)/t20-/m1/s1. The first-order chi connectivity index (χ1) is 14.2. The third-order valence-electron chi connectivity index (χ3n) is 5.63. The maximum atomic E-state index is 12.9. The highest BCUT2D eigenvalue weighted by Gasteiger charge is 2.32. The molecule has 1 atom stereocenters. The molecule has 4 rings (SSSR count). The summed E-state index contributed by atoms with van der Waals surface area (Å²) in [4.78, 5) is 12.9. The van der Waals surface area contributed by atoms with Crippen LogP contribution in [-0.2, 0) is 9.84 Å². The van der Waals surface area contributed by atoms with E-state index in [2.05, 4.69) is 10.4 Å². The Hall–Kier alpha value is -2.93. The number of benzene rings is 2. The van der Waals surface area contributed by atoms with Crippen molar-refractivity contribution in [1.82, 2.24) is 9.78 Å². The molecule has 1 aliphatic rings. The van der Waals surface area contributed by atoms with Crippen LogP contribution in [-0.4, -0.2) is 35.6 Å². The number of rotatable bonds is 4. The summed E-state index contributed by atoms with van der Waals surface area (Å²) in [5.41, 5.74) is 6.05. The number of aromatic nitrogens is 2. The molecule has 0 bridgehead atoms. The van der Waals surface area contributed by atoms with E-state index < -0.39 is 9.84 Å². The Bertz CT molecular complexity index is 1210. The number of nitrogens with one attached hydrogen (secondary N) is 1. The summed E-state index contributed by atoms with van der Waals surface area (Å²) in [6.07, 6.45) is 0.501. The molecule has 30 heavy (non-hydrogen) atoms. The first kappa shape index (κ1) is 20.3. The lowest BCUT2D eigenvalue weighted by molar-refractivity contribution is 0.102. The number of anilines is 1. The van der Waals surface area contributed by atoms with Crippen molar-refractivity contribution >= 4 is 21.4 Å². The number of carbonyl (C=O) groups is 1. The Morgan fingerprint density at radius 1 is 1.03 bits per heavy atom. The van der Waals surface area contributed by atoms with Crippen molar-refractivity contribution in [3.63, 3.8) is 0 Å². The molecule has 1 aliphatic heterocycles. The zero-order chi connectivity index (χ0) is 21.5. The minimum Gasteiger partial charge on any atom is -0.321 e. The normalized spacial score (nSPS) is 17.8. The van der Waals surface area contributed by atoms with E-state index in [1.165, 1.54) is 5.56 Å². The topological polar surface area (TPSA) is 81.1 Å². The number of aryl methyl sites for hydroxylation is 3. The van der Waals surface area contributed by atoms with Gasteiger partial charge in [-0.15, -0.1) is 0 Å². The Kier molecular flexibility index (Phi) is 5.24. The van der Waals surface area contributed by atoms with Crippen molar-refractivity contribution in [2.24, 2.45) is 0 Å². The molecular formula is C23H25N3O3S. The fourth-order valence-electron chi connectivity index (χ4n) is 3.70. The van der Waals surface area contributed by atoms with Crippen molar-refractivity contribution in [3.8, 4) is 11.3 Å². The van der Waals surface area contributed by atoms with Crippen LogP contribution in [0.1, 0.15) is 39.6 Å². The molecule has 0 aliphatic carbocycles. The molecule has 0 unspecified atom stereocenters. The van der Waals surface area contributed by atoms with Gasteiger partial charge in [0.1, 0.15) is 0 Å². The second-order valence-corrected chi connectivity index (χ2v) is 10.3. The van der Waals surface area contributed by atoms with Crippen LogP contribution in [0.15, 0.2) is 48.5 Å². The fraction of sp³-hybridized carbons (Fsp3) is 0.304. The molecular weight excluding hydrogens is 398 g/mol. The van der Waals surface area contributed by atoms with Gasteiger partial charge in [-0.3, -0.25) is 9.48 Å². The number of hydrogen-bond donors (Lipinski definition) is 1. The molecule has 1 fully saturated rings. The summed E-state index contributed by atoms with van der Waals surface area (Å²) in [5, 5.41) is 7.41. The molecule has 6 nitrogen and oxygen atoms in total. The molecule has 1 aromatic heterocycles. The minimum atomic E-state index is -3.08. The van der Waals surface area contributed by atoms with Gasteiger partial charge in [0.05, 0.1) is 23.2 Å². The van der Waals surface area contributed by atoms with Gasteiger partial charge in [0.2, 0.25) is 0 Å². The molecule has 0 radical (unpaired) electrons. The van der Waals surface area contributed by atoms with Crippen molar-refractivity contribution < 1.29 is 13.2 Å². The van der Waals surface area contributed by atoms with Crippen LogP contribution < -0.4 is 5.32 Å². The summed E-state index contributed by atoms with van der Waals surface area (Å²) in [6, 6.07) is 15.1. The van der Waals surface area contributed by atoms with Gasteiger partial charge in [-0.2, -0.15) is 5.10 Å². The first-order valence-electron chi connectivity index (χ1n) is 9.97. The Balaban J connectivity index is 1.72. The Morgan fingerprint density at radius 3 is 2.40 bits per heavy atom. The summed E-state index contributed by atoms with van der Waals surface area (Å²) in [6.45, 7) is 6.06. The second kappa shape index (κ2) is 7.72. The van der Waals surface area contributed by atoms with E-state index in [1.54, 1.807) is 10.7 Å². The van der Waals surface area contributed by atoms with Crippen molar-refractivity contribution in [2.75, 3.05) is 16.8 Å². The van der Waals surface area contributed by atoms with Crippen molar-refractivity contribution in [1.29, 1.82) is 0 Å². The molecule has 2 heterocycles. The molecule has 0 saturated carbocycles.